The largest absolute Gasteiger partial charge is 0.331 e. The maximum Gasteiger partial charge on any atom is 0.325 e. The number of nitrogens with zero attached hydrogens (tertiary/aromatic N) is 4. The predicted molar refractivity (Wildman–Crippen MR) is 128 cm³/mol. The number of para-hydroxylation sites is 1. The van der Waals surface area contributed by atoms with Gasteiger partial charge in [-0.2, -0.15) is 0 Å². The molecule has 3 aromatic rings. The van der Waals surface area contributed by atoms with Crippen molar-refractivity contribution in [2.24, 2.45) is 5.92 Å². The Morgan fingerprint density at radius 1 is 1.03 bits per heavy atom. The van der Waals surface area contributed by atoms with Gasteiger partial charge in [-0.05, 0) is 54.3 Å². The number of imide groups is 1. The molecule has 3 heterocycles. The van der Waals surface area contributed by atoms with E-state index >= 15 is 0 Å². The number of anilines is 1. The molecule has 1 N–H and O–H groups in total. The summed E-state index contributed by atoms with van der Waals surface area (Å²) < 4.78 is 0. The minimum absolute atomic E-state index is 0.311. The lowest BCUT2D eigenvalue weighted by Gasteiger charge is -2.46. The third-order valence-electron chi connectivity index (χ3n) is 6.16. The molecule has 0 spiro atoms. The standard InChI is InChI=1S/C26H27N5O3/c1-3-22(19-8-7-13-28-17-19)29-26(34)31-23(25(33)30(2)20-9-5-4-6-10-20)21(24(31)32)16-18-11-14-27-15-12-18/h4-15,17,21-23H,3,16H2,1-2H3,(H,29,34)/t21?,22?,23-/m0/s1. The molecule has 1 aliphatic heterocycles. The number of likely N-dealkylation sites (N-methyl/N-ethyl adjacent to an activating group) is 1. The molecule has 0 bridgehead atoms. The molecule has 34 heavy (non-hydrogen) atoms. The van der Waals surface area contributed by atoms with Crippen molar-refractivity contribution in [2.75, 3.05) is 11.9 Å². The van der Waals surface area contributed by atoms with Crippen LogP contribution in [0.15, 0.2) is 79.4 Å². The van der Waals surface area contributed by atoms with Crippen molar-refractivity contribution in [3.63, 3.8) is 0 Å². The first-order chi connectivity index (χ1) is 16.5. The van der Waals surface area contributed by atoms with Crippen LogP contribution in [0.1, 0.15) is 30.5 Å². The number of hydrogen-bond acceptors (Lipinski definition) is 5. The second-order valence-electron chi connectivity index (χ2n) is 8.25. The number of likely N-dealkylation sites (tertiary alicyclic amines) is 1. The molecule has 1 aliphatic rings. The van der Waals surface area contributed by atoms with E-state index in [0.29, 0.717) is 18.5 Å². The highest BCUT2D eigenvalue weighted by molar-refractivity contribution is 6.12. The normalized spacial score (nSPS) is 18.1. The van der Waals surface area contributed by atoms with Gasteiger partial charge in [-0.25, -0.2) is 4.79 Å². The molecule has 1 fully saturated rings. The first-order valence-electron chi connectivity index (χ1n) is 11.3. The number of nitrogens with one attached hydrogen (secondary N) is 1. The van der Waals surface area contributed by atoms with E-state index in [2.05, 4.69) is 15.3 Å². The van der Waals surface area contributed by atoms with E-state index in [1.54, 1.807) is 37.9 Å². The molecule has 0 saturated carbocycles. The number of carbonyl (C=O) groups is 3. The molecular formula is C26H27N5O3. The molecule has 1 saturated heterocycles. The number of hydrogen-bond donors (Lipinski definition) is 1. The fourth-order valence-corrected chi connectivity index (χ4v) is 4.23. The SMILES string of the molecule is CCC(NC(=O)N1C(=O)C(Cc2ccncc2)[C@H]1C(=O)N(C)c1ccccc1)c1cccnc1. The van der Waals surface area contributed by atoms with E-state index in [1.807, 2.05) is 55.5 Å². The Morgan fingerprint density at radius 2 is 1.76 bits per heavy atom. The van der Waals surface area contributed by atoms with Gasteiger partial charge in [0.2, 0.25) is 5.91 Å². The Hall–Kier alpha value is -4.07. The Balaban J connectivity index is 1.58. The van der Waals surface area contributed by atoms with Gasteiger partial charge in [0.25, 0.3) is 5.91 Å². The van der Waals surface area contributed by atoms with Crippen molar-refractivity contribution in [1.82, 2.24) is 20.2 Å². The molecule has 8 nitrogen and oxygen atoms in total. The summed E-state index contributed by atoms with van der Waals surface area (Å²) >= 11 is 0. The van der Waals surface area contributed by atoms with Crippen molar-refractivity contribution >= 4 is 23.5 Å². The molecule has 0 aliphatic carbocycles. The van der Waals surface area contributed by atoms with E-state index in [4.69, 9.17) is 0 Å². The number of aromatic nitrogens is 2. The van der Waals surface area contributed by atoms with Crippen LogP contribution in [0.25, 0.3) is 0 Å². The van der Waals surface area contributed by atoms with Gasteiger partial charge in [0, 0.05) is 37.5 Å². The number of urea groups is 1. The lowest BCUT2D eigenvalue weighted by Crippen LogP contribution is -2.70. The molecule has 2 unspecified atom stereocenters. The Labute approximate surface area is 198 Å². The van der Waals surface area contributed by atoms with Crippen molar-refractivity contribution in [3.05, 3.63) is 90.5 Å². The van der Waals surface area contributed by atoms with Gasteiger partial charge in [0.15, 0.2) is 0 Å². The summed E-state index contributed by atoms with van der Waals surface area (Å²) in [6.07, 6.45) is 7.61. The molecule has 174 valence electrons. The summed E-state index contributed by atoms with van der Waals surface area (Å²) in [5.41, 5.74) is 2.41. The smallest absolute Gasteiger partial charge is 0.325 e. The highest BCUT2D eigenvalue weighted by atomic mass is 16.2. The summed E-state index contributed by atoms with van der Waals surface area (Å²) in [5, 5.41) is 2.91. The summed E-state index contributed by atoms with van der Waals surface area (Å²) in [6, 6.07) is 14.7. The van der Waals surface area contributed by atoms with Gasteiger partial charge in [0.05, 0.1) is 12.0 Å². The van der Waals surface area contributed by atoms with Gasteiger partial charge in [-0.15, -0.1) is 0 Å². The van der Waals surface area contributed by atoms with Gasteiger partial charge < -0.3 is 10.2 Å². The number of benzene rings is 1. The zero-order chi connectivity index (χ0) is 24.1. The van der Waals surface area contributed by atoms with E-state index in [1.165, 1.54) is 4.90 Å². The fourth-order valence-electron chi connectivity index (χ4n) is 4.23. The first kappa shape index (κ1) is 23.1. The van der Waals surface area contributed by atoms with Gasteiger partial charge in [-0.1, -0.05) is 31.2 Å². The van der Waals surface area contributed by atoms with Crippen LogP contribution < -0.4 is 10.2 Å². The van der Waals surface area contributed by atoms with Crippen molar-refractivity contribution in [3.8, 4) is 0 Å². The van der Waals surface area contributed by atoms with Crippen LogP contribution in [0, 0.1) is 5.92 Å². The summed E-state index contributed by atoms with van der Waals surface area (Å²) in [6.45, 7) is 1.94. The van der Waals surface area contributed by atoms with E-state index < -0.39 is 18.0 Å². The number of carbonyl (C=O) groups excluding carboxylic acids is 3. The summed E-state index contributed by atoms with van der Waals surface area (Å²) in [5.74, 6) is -1.31. The second kappa shape index (κ2) is 10.2. The highest BCUT2D eigenvalue weighted by Gasteiger charge is 2.55. The van der Waals surface area contributed by atoms with Crippen LogP contribution in [0.4, 0.5) is 10.5 Å². The van der Waals surface area contributed by atoms with Gasteiger partial charge in [-0.3, -0.25) is 24.5 Å². The summed E-state index contributed by atoms with van der Waals surface area (Å²) in [7, 11) is 1.66. The Kier molecular flexibility index (Phi) is 6.96. The number of amides is 4. The molecule has 0 radical (unpaired) electrons. The maximum atomic E-state index is 13.5. The van der Waals surface area contributed by atoms with Crippen molar-refractivity contribution in [1.29, 1.82) is 0 Å². The van der Waals surface area contributed by atoms with E-state index in [9.17, 15) is 14.4 Å². The van der Waals surface area contributed by atoms with Crippen molar-refractivity contribution in [2.45, 2.75) is 31.8 Å². The lowest BCUT2D eigenvalue weighted by atomic mass is 9.81. The third kappa shape index (κ3) is 4.66. The predicted octanol–water partition coefficient (Wildman–Crippen LogP) is 3.37. The fraction of sp³-hybridized carbons (Fsp3) is 0.269. The number of rotatable bonds is 7. The van der Waals surface area contributed by atoms with E-state index in [0.717, 1.165) is 16.0 Å². The average Bonchev–Trinajstić information content (AvgIpc) is 2.89. The van der Waals surface area contributed by atoms with Crippen LogP contribution in [0.3, 0.4) is 0 Å². The Morgan fingerprint density at radius 3 is 2.41 bits per heavy atom. The van der Waals surface area contributed by atoms with Crippen LogP contribution in [-0.2, 0) is 16.0 Å². The molecule has 3 atom stereocenters. The zero-order valence-corrected chi connectivity index (χ0v) is 19.2. The molecule has 4 amide bonds. The molecule has 8 heteroatoms. The minimum atomic E-state index is -0.905. The highest BCUT2D eigenvalue weighted by Crippen LogP contribution is 2.33. The van der Waals surface area contributed by atoms with Crippen LogP contribution >= 0.6 is 0 Å². The quantitative estimate of drug-likeness (QED) is 0.549. The molecule has 1 aromatic carbocycles. The van der Waals surface area contributed by atoms with E-state index in [-0.39, 0.29) is 17.9 Å². The molecular weight excluding hydrogens is 430 g/mol. The minimum Gasteiger partial charge on any atom is -0.331 e. The molecule has 2 aromatic heterocycles. The topological polar surface area (TPSA) is 95.5 Å². The van der Waals surface area contributed by atoms with Crippen LogP contribution in [0.2, 0.25) is 0 Å². The Bertz CT molecular complexity index is 1140. The number of β-lactam (4-membered cyclic amide) rings is 1. The monoisotopic (exact) mass is 457 g/mol. The zero-order valence-electron chi connectivity index (χ0n) is 19.2. The van der Waals surface area contributed by atoms with Crippen molar-refractivity contribution < 1.29 is 14.4 Å². The third-order valence-corrected chi connectivity index (χ3v) is 6.16. The van der Waals surface area contributed by atoms with Crippen LogP contribution in [-0.4, -0.2) is 45.8 Å². The maximum absolute atomic E-state index is 13.5. The second-order valence-corrected chi connectivity index (χ2v) is 8.25. The first-order valence-corrected chi connectivity index (χ1v) is 11.3. The lowest BCUT2D eigenvalue weighted by molar-refractivity contribution is -0.156. The average molecular weight is 458 g/mol. The summed E-state index contributed by atoms with van der Waals surface area (Å²) in [4.78, 5) is 50.6. The van der Waals surface area contributed by atoms with Gasteiger partial charge >= 0.3 is 6.03 Å². The molecule has 4 rings (SSSR count). The number of pyridine rings is 2. The van der Waals surface area contributed by atoms with Gasteiger partial charge in [0.1, 0.15) is 6.04 Å². The van der Waals surface area contributed by atoms with Crippen LogP contribution in [0.5, 0.6) is 0 Å².